The van der Waals surface area contributed by atoms with Crippen molar-refractivity contribution in [3.63, 3.8) is 0 Å². The first-order valence-electron chi connectivity index (χ1n) is 6.34. The summed E-state index contributed by atoms with van der Waals surface area (Å²) in [6.07, 6.45) is -2.02. The standard InChI is InChI=1S/C14H10ClF3N2O/c15-13-19-11-3-1-2-10(11)12(20-13)8-4-6-9(7-5-8)21-14(16,17)18/h4-7H,1-3H2. The van der Waals surface area contributed by atoms with Crippen molar-refractivity contribution in [1.82, 2.24) is 9.97 Å². The van der Waals surface area contributed by atoms with Crippen LogP contribution in [0.25, 0.3) is 11.3 Å². The zero-order chi connectivity index (χ0) is 15.0. The summed E-state index contributed by atoms with van der Waals surface area (Å²) in [5, 5.41) is 0.154. The molecule has 7 heteroatoms. The number of fused-ring (bicyclic) bond motifs is 1. The number of aryl methyl sites for hydroxylation is 1. The van der Waals surface area contributed by atoms with Crippen LogP contribution in [-0.4, -0.2) is 16.3 Å². The summed E-state index contributed by atoms with van der Waals surface area (Å²) in [5.41, 5.74) is 3.32. The molecule has 0 radical (unpaired) electrons. The topological polar surface area (TPSA) is 35.0 Å². The van der Waals surface area contributed by atoms with Gasteiger partial charge in [-0.2, -0.15) is 0 Å². The molecule has 1 aromatic heterocycles. The molecule has 0 fully saturated rings. The lowest BCUT2D eigenvalue weighted by Gasteiger charge is -2.11. The van der Waals surface area contributed by atoms with Gasteiger partial charge in [0.2, 0.25) is 5.28 Å². The van der Waals surface area contributed by atoms with Crippen molar-refractivity contribution in [3.05, 3.63) is 40.8 Å². The van der Waals surface area contributed by atoms with Crippen LogP contribution in [0, 0.1) is 0 Å². The average molecular weight is 315 g/mol. The highest BCUT2D eigenvalue weighted by molar-refractivity contribution is 6.28. The Bertz CT molecular complexity index is 671. The summed E-state index contributed by atoms with van der Waals surface area (Å²) in [5.74, 6) is -0.261. The largest absolute Gasteiger partial charge is 0.573 e. The van der Waals surface area contributed by atoms with Gasteiger partial charge in [-0.15, -0.1) is 13.2 Å². The van der Waals surface area contributed by atoms with Gasteiger partial charge in [-0.1, -0.05) is 0 Å². The number of ether oxygens (including phenoxy) is 1. The summed E-state index contributed by atoms with van der Waals surface area (Å²) in [4.78, 5) is 8.40. The van der Waals surface area contributed by atoms with E-state index < -0.39 is 6.36 Å². The summed E-state index contributed by atoms with van der Waals surface area (Å²) in [7, 11) is 0. The van der Waals surface area contributed by atoms with Crippen molar-refractivity contribution in [2.45, 2.75) is 25.6 Å². The van der Waals surface area contributed by atoms with E-state index in [9.17, 15) is 13.2 Å². The molecule has 0 N–H and O–H groups in total. The van der Waals surface area contributed by atoms with Gasteiger partial charge in [0.25, 0.3) is 0 Å². The predicted molar refractivity (Wildman–Crippen MR) is 71.2 cm³/mol. The number of rotatable bonds is 2. The molecule has 0 unspecified atom stereocenters. The fourth-order valence-electron chi connectivity index (χ4n) is 2.46. The van der Waals surface area contributed by atoms with E-state index in [1.165, 1.54) is 12.1 Å². The van der Waals surface area contributed by atoms with Crippen LogP contribution >= 0.6 is 11.6 Å². The number of halogens is 4. The molecule has 1 aliphatic carbocycles. The van der Waals surface area contributed by atoms with Crippen LogP contribution in [0.3, 0.4) is 0 Å². The van der Waals surface area contributed by atoms with Gasteiger partial charge in [0.05, 0.1) is 5.69 Å². The van der Waals surface area contributed by atoms with Crippen molar-refractivity contribution < 1.29 is 17.9 Å². The van der Waals surface area contributed by atoms with Crippen molar-refractivity contribution >= 4 is 11.6 Å². The minimum Gasteiger partial charge on any atom is -0.406 e. The molecule has 3 nitrogen and oxygen atoms in total. The lowest BCUT2D eigenvalue weighted by molar-refractivity contribution is -0.274. The molecule has 0 atom stereocenters. The SMILES string of the molecule is FC(F)(F)Oc1ccc(-c2nc(Cl)nc3c2CCC3)cc1. The molecule has 3 rings (SSSR count). The molecular formula is C14H10ClF3N2O. The van der Waals surface area contributed by atoms with E-state index in [1.54, 1.807) is 12.1 Å². The molecule has 0 spiro atoms. The Morgan fingerprint density at radius 2 is 1.76 bits per heavy atom. The van der Waals surface area contributed by atoms with E-state index in [0.717, 1.165) is 30.5 Å². The second kappa shape index (κ2) is 5.18. The lowest BCUT2D eigenvalue weighted by Crippen LogP contribution is -2.16. The molecule has 0 bridgehead atoms. The third-order valence-corrected chi connectivity index (χ3v) is 3.44. The lowest BCUT2D eigenvalue weighted by atomic mass is 10.1. The van der Waals surface area contributed by atoms with Gasteiger partial charge in [0.15, 0.2) is 0 Å². The van der Waals surface area contributed by atoms with Crippen LogP contribution in [-0.2, 0) is 12.8 Å². The number of benzene rings is 1. The Labute approximate surface area is 123 Å². The summed E-state index contributed by atoms with van der Waals surface area (Å²) >= 11 is 5.90. The Hall–Kier alpha value is -1.82. The smallest absolute Gasteiger partial charge is 0.406 e. The minimum atomic E-state index is -4.69. The van der Waals surface area contributed by atoms with Crippen molar-refractivity contribution in [2.75, 3.05) is 0 Å². The van der Waals surface area contributed by atoms with E-state index in [0.29, 0.717) is 11.3 Å². The van der Waals surface area contributed by atoms with Crippen LogP contribution in [0.1, 0.15) is 17.7 Å². The summed E-state index contributed by atoms with van der Waals surface area (Å²) in [6.45, 7) is 0. The predicted octanol–water partition coefficient (Wildman–Crippen LogP) is 4.18. The average Bonchev–Trinajstić information content (AvgIpc) is 2.85. The summed E-state index contributed by atoms with van der Waals surface area (Å²) in [6, 6.07) is 5.61. The highest BCUT2D eigenvalue weighted by atomic mass is 35.5. The second-order valence-electron chi connectivity index (χ2n) is 4.69. The number of nitrogens with zero attached hydrogens (tertiary/aromatic N) is 2. The van der Waals surface area contributed by atoms with Gasteiger partial charge < -0.3 is 4.74 Å². The molecule has 0 amide bonds. The Morgan fingerprint density at radius 1 is 1.05 bits per heavy atom. The second-order valence-corrected chi connectivity index (χ2v) is 5.03. The van der Waals surface area contributed by atoms with Crippen LogP contribution < -0.4 is 4.74 Å². The number of hydrogen-bond acceptors (Lipinski definition) is 3. The van der Waals surface area contributed by atoms with E-state index in [2.05, 4.69) is 14.7 Å². The van der Waals surface area contributed by atoms with Crippen LogP contribution in [0.4, 0.5) is 13.2 Å². The van der Waals surface area contributed by atoms with E-state index in [-0.39, 0.29) is 11.0 Å². The Kier molecular flexibility index (Phi) is 3.49. The third kappa shape index (κ3) is 3.10. The van der Waals surface area contributed by atoms with Gasteiger partial charge in [0, 0.05) is 16.8 Å². The Balaban J connectivity index is 1.95. The molecule has 110 valence electrons. The summed E-state index contributed by atoms with van der Waals surface area (Å²) < 4.78 is 40.3. The molecule has 0 aliphatic heterocycles. The van der Waals surface area contributed by atoms with Gasteiger partial charge >= 0.3 is 6.36 Å². The van der Waals surface area contributed by atoms with E-state index in [4.69, 9.17) is 11.6 Å². The fourth-order valence-corrected chi connectivity index (χ4v) is 2.64. The molecule has 0 saturated heterocycles. The fraction of sp³-hybridized carbons (Fsp3) is 0.286. The Morgan fingerprint density at radius 3 is 2.43 bits per heavy atom. The molecule has 21 heavy (non-hydrogen) atoms. The normalized spacial score (nSPS) is 14.1. The van der Waals surface area contributed by atoms with E-state index in [1.807, 2.05) is 0 Å². The molecule has 0 saturated carbocycles. The van der Waals surface area contributed by atoms with Crippen molar-refractivity contribution in [2.24, 2.45) is 0 Å². The number of hydrogen-bond donors (Lipinski definition) is 0. The molecule has 1 aliphatic rings. The minimum absolute atomic E-state index is 0.154. The maximum atomic E-state index is 12.1. The van der Waals surface area contributed by atoms with Crippen LogP contribution in [0.15, 0.2) is 24.3 Å². The van der Waals surface area contributed by atoms with Crippen LogP contribution in [0.5, 0.6) is 5.75 Å². The van der Waals surface area contributed by atoms with Gasteiger partial charge in [-0.25, -0.2) is 9.97 Å². The van der Waals surface area contributed by atoms with Crippen LogP contribution in [0.2, 0.25) is 5.28 Å². The number of alkyl halides is 3. The van der Waals surface area contributed by atoms with Gasteiger partial charge in [-0.3, -0.25) is 0 Å². The highest BCUT2D eigenvalue weighted by Crippen LogP contribution is 2.32. The first-order chi connectivity index (χ1) is 9.92. The first-order valence-corrected chi connectivity index (χ1v) is 6.72. The van der Waals surface area contributed by atoms with Gasteiger partial charge in [-0.05, 0) is 55.1 Å². The third-order valence-electron chi connectivity index (χ3n) is 3.27. The van der Waals surface area contributed by atoms with Crippen molar-refractivity contribution in [1.29, 1.82) is 0 Å². The van der Waals surface area contributed by atoms with Crippen molar-refractivity contribution in [3.8, 4) is 17.0 Å². The number of aromatic nitrogens is 2. The molecule has 1 aromatic carbocycles. The molecular weight excluding hydrogens is 305 g/mol. The highest BCUT2D eigenvalue weighted by Gasteiger charge is 2.31. The molecule has 1 heterocycles. The maximum Gasteiger partial charge on any atom is 0.573 e. The zero-order valence-corrected chi connectivity index (χ0v) is 11.5. The van der Waals surface area contributed by atoms with Gasteiger partial charge in [0.1, 0.15) is 5.75 Å². The van der Waals surface area contributed by atoms with E-state index >= 15 is 0 Å². The molecule has 2 aromatic rings. The maximum absolute atomic E-state index is 12.1. The quantitative estimate of drug-likeness (QED) is 0.780. The monoisotopic (exact) mass is 314 g/mol. The zero-order valence-electron chi connectivity index (χ0n) is 10.7. The first kappa shape index (κ1) is 14.1.